The number of benzene rings is 2. The number of hydrogen-bond donors (Lipinski definition) is 2. The third-order valence-corrected chi connectivity index (χ3v) is 3.65. The maximum atomic E-state index is 12.4. The zero-order valence-electron chi connectivity index (χ0n) is 11.3. The van der Waals surface area contributed by atoms with Crippen molar-refractivity contribution < 1.29 is 4.79 Å². The number of nitrogens with zero attached hydrogens (tertiary/aromatic N) is 1. The van der Waals surface area contributed by atoms with Crippen LogP contribution in [0.25, 0.3) is 0 Å². The van der Waals surface area contributed by atoms with E-state index in [1.54, 1.807) is 42.5 Å². The number of amidine groups is 1. The molecule has 0 saturated carbocycles. The number of nitrogens with one attached hydrogen (secondary N) is 1. The molecular weight excluding hydrogens is 345 g/mol. The van der Waals surface area contributed by atoms with Gasteiger partial charge in [-0.05, 0) is 24.3 Å². The number of hydrogen-bond acceptors (Lipinski definition) is 2. The van der Waals surface area contributed by atoms with Crippen LogP contribution >= 0.6 is 34.8 Å². The van der Waals surface area contributed by atoms with Crippen molar-refractivity contribution in [3.63, 3.8) is 0 Å². The van der Waals surface area contributed by atoms with Crippen LogP contribution in [0.3, 0.4) is 0 Å². The summed E-state index contributed by atoms with van der Waals surface area (Å²) in [4.78, 5) is 16.6. The molecule has 4 nitrogen and oxygen atoms in total. The van der Waals surface area contributed by atoms with Gasteiger partial charge in [0.1, 0.15) is 5.84 Å². The molecule has 0 unspecified atom stereocenters. The van der Waals surface area contributed by atoms with Crippen molar-refractivity contribution in [3.8, 4) is 0 Å². The van der Waals surface area contributed by atoms with E-state index in [0.29, 0.717) is 27.0 Å². The average Bonchev–Trinajstić information content (AvgIpc) is 2.51. The quantitative estimate of drug-likeness (QED) is 0.482. The number of amides is 1. The summed E-state index contributed by atoms with van der Waals surface area (Å²) in [6.45, 7) is 0. The monoisotopic (exact) mass is 355 g/mol. The third-order valence-electron chi connectivity index (χ3n) is 2.75. The Balaban J connectivity index is 2.35. The first-order valence-corrected chi connectivity index (χ1v) is 7.55. The minimum Gasteiger partial charge on any atom is -0.386 e. The summed E-state index contributed by atoms with van der Waals surface area (Å²) in [5.74, 6) is -0.0961. The minimum atomic E-state index is -0.392. The van der Waals surface area contributed by atoms with Crippen LogP contribution in [0.1, 0.15) is 10.4 Å². The van der Waals surface area contributed by atoms with E-state index in [4.69, 9.17) is 40.5 Å². The van der Waals surface area contributed by atoms with Gasteiger partial charge in [-0.1, -0.05) is 41.4 Å². The van der Waals surface area contributed by atoms with E-state index in [1.165, 1.54) is 0 Å². The molecule has 0 atom stereocenters. The Hall–Kier alpha value is -1.75. The lowest BCUT2D eigenvalue weighted by Gasteiger charge is -2.10. The van der Waals surface area contributed by atoms with Gasteiger partial charge in [-0.15, -0.1) is 11.6 Å². The fraction of sp³-hybridized carbons (Fsp3) is 0.0667. The predicted molar refractivity (Wildman–Crippen MR) is 92.9 cm³/mol. The van der Waals surface area contributed by atoms with Crippen LogP contribution in [0.4, 0.5) is 11.4 Å². The van der Waals surface area contributed by atoms with Crippen molar-refractivity contribution in [2.24, 2.45) is 10.7 Å². The molecule has 22 heavy (non-hydrogen) atoms. The van der Waals surface area contributed by atoms with Gasteiger partial charge in [-0.2, -0.15) is 0 Å². The lowest BCUT2D eigenvalue weighted by molar-refractivity contribution is 0.102. The number of alkyl halides is 1. The highest BCUT2D eigenvalue weighted by molar-refractivity contribution is 6.40. The molecule has 114 valence electrons. The normalized spacial score (nSPS) is 11.3. The number of aliphatic imine (C=N–C) groups is 1. The molecule has 0 aliphatic carbocycles. The summed E-state index contributed by atoms with van der Waals surface area (Å²) in [6, 6.07) is 11.7. The molecule has 0 aromatic heterocycles. The fourth-order valence-electron chi connectivity index (χ4n) is 1.75. The number of anilines is 1. The van der Waals surface area contributed by atoms with Gasteiger partial charge >= 0.3 is 0 Å². The second kappa shape index (κ2) is 7.49. The largest absolute Gasteiger partial charge is 0.386 e. The number of halogens is 3. The molecule has 2 aromatic carbocycles. The van der Waals surface area contributed by atoms with E-state index >= 15 is 0 Å². The minimum absolute atomic E-state index is 0.0757. The van der Waals surface area contributed by atoms with Gasteiger partial charge in [-0.3, -0.25) is 4.79 Å². The second-order valence-corrected chi connectivity index (χ2v) is 5.39. The first-order chi connectivity index (χ1) is 10.5. The molecule has 2 aromatic rings. The van der Waals surface area contributed by atoms with Gasteiger partial charge in [0.15, 0.2) is 0 Å². The molecule has 0 aliphatic rings. The van der Waals surface area contributed by atoms with Crippen LogP contribution in [0.2, 0.25) is 10.0 Å². The van der Waals surface area contributed by atoms with Crippen LogP contribution in [0, 0.1) is 0 Å². The zero-order chi connectivity index (χ0) is 16.1. The highest BCUT2D eigenvalue weighted by Gasteiger charge is 2.14. The molecule has 1 amide bonds. The van der Waals surface area contributed by atoms with E-state index < -0.39 is 5.91 Å². The van der Waals surface area contributed by atoms with Crippen LogP contribution in [-0.2, 0) is 0 Å². The molecule has 0 spiro atoms. The maximum absolute atomic E-state index is 12.4. The molecule has 3 N–H and O–H groups in total. The smallest absolute Gasteiger partial charge is 0.257 e. The fourth-order valence-corrected chi connectivity index (χ4v) is 2.30. The average molecular weight is 357 g/mol. The predicted octanol–water partition coefficient (Wildman–Crippen LogP) is 4.47. The van der Waals surface area contributed by atoms with Gasteiger partial charge in [0.2, 0.25) is 0 Å². The highest BCUT2D eigenvalue weighted by Crippen LogP contribution is 2.31. The van der Waals surface area contributed by atoms with Crippen molar-refractivity contribution in [1.82, 2.24) is 0 Å². The van der Waals surface area contributed by atoms with Crippen LogP contribution < -0.4 is 11.1 Å². The van der Waals surface area contributed by atoms with Gasteiger partial charge in [0.05, 0.1) is 32.9 Å². The summed E-state index contributed by atoms with van der Waals surface area (Å²) < 4.78 is 0. The standard InChI is InChI=1S/C15H12Cl3N3O/c16-8-13(19)20-12-7-2-1-4-9(12)15(22)21-14-10(17)5-3-6-11(14)18/h1-7H,8H2,(H2,19,20)(H,21,22). The SMILES string of the molecule is NC(CCl)=Nc1ccccc1C(=O)Nc1c(Cl)cccc1Cl. The summed E-state index contributed by atoms with van der Waals surface area (Å²) in [5, 5.41) is 3.38. The highest BCUT2D eigenvalue weighted by atomic mass is 35.5. The van der Waals surface area contributed by atoms with E-state index in [1.807, 2.05) is 0 Å². The molecular formula is C15H12Cl3N3O. The number of rotatable bonds is 4. The zero-order valence-corrected chi connectivity index (χ0v) is 13.6. The second-order valence-electron chi connectivity index (χ2n) is 4.30. The molecule has 0 saturated heterocycles. The molecule has 0 bridgehead atoms. The molecule has 7 heteroatoms. The Morgan fingerprint density at radius 1 is 1.09 bits per heavy atom. The summed E-state index contributed by atoms with van der Waals surface area (Å²) in [5.41, 5.74) is 6.72. The Morgan fingerprint density at radius 2 is 1.73 bits per heavy atom. The maximum Gasteiger partial charge on any atom is 0.257 e. The Morgan fingerprint density at radius 3 is 2.36 bits per heavy atom. The van der Waals surface area contributed by atoms with Gasteiger partial charge in [0.25, 0.3) is 5.91 Å². The van der Waals surface area contributed by atoms with Crippen molar-refractivity contribution in [2.75, 3.05) is 11.2 Å². The van der Waals surface area contributed by atoms with Gasteiger partial charge in [0, 0.05) is 0 Å². The van der Waals surface area contributed by atoms with Crippen LogP contribution in [0.15, 0.2) is 47.5 Å². The van der Waals surface area contributed by atoms with Crippen molar-refractivity contribution >= 4 is 57.9 Å². The lowest BCUT2D eigenvalue weighted by atomic mass is 10.1. The summed E-state index contributed by atoms with van der Waals surface area (Å²) in [6.07, 6.45) is 0. The van der Waals surface area contributed by atoms with Crippen molar-refractivity contribution in [1.29, 1.82) is 0 Å². The molecule has 0 fully saturated rings. The summed E-state index contributed by atoms with van der Waals surface area (Å²) >= 11 is 17.7. The molecule has 2 rings (SSSR count). The number of carbonyl (C=O) groups excluding carboxylic acids is 1. The van der Waals surface area contributed by atoms with Crippen molar-refractivity contribution in [2.45, 2.75) is 0 Å². The Bertz CT molecular complexity index is 711. The topological polar surface area (TPSA) is 67.5 Å². The summed E-state index contributed by atoms with van der Waals surface area (Å²) in [7, 11) is 0. The first kappa shape index (κ1) is 16.6. The number of nitrogens with two attached hydrogens (primary N) is 1. The Kier molecular flexibility index (Phi) is 5.66. The number of carbonyl (C=O) groups is 1. The lowest BCUT2D eigenvalue weighted by Crippen LogP contribution is -2.15. The van der Waals surface area contributed by atoms with Crippen molar-refractivity contribution in [3.05, 3.63) is 58.1 Å². The first-order valence-electron chi connectivity index (χ1n) is 6.26. The van der Waals surface area contributed by atoms with Gasteiger partial charge in [-0.25, -0.2) is 4.99 Å². The van der Waals surface area contributed by atoms with E-state index in [0.717, 1.165) is 0 Å². The van der Waals surface area contributed by atoms with Crippen LogP contribution in [-0.4, -0.2) is 17.6 Å². The molecule has 0 radical (unpaired) electrons. The number of para-hydroxylation sites is 2. The van der Waals surface area contributed by atoms with Gasteiger partial charge < -0.3 is 11.1 Å². The van der Waals surface area contributed by atoms with Crippen LogP contribution in [0.5, 0.6) is 0 Å². The van der Waals surface area contributed by atoms with E-state index in [9.17, 15) is 4.79 Å². The van der Waals surface area contributed by atoms with E-state index in [2.05, 4.69) is 10.3 Å². The third kappa shape index (κ3) is 3.91. The molecule has 0 aliphatic heterocycles. The Labute approximate surface area is 142 Å². The molecule has 0 heterocycles. The van der Waals surface area contributed by atoms with E-state index in [-0.39, 0.29) is 11.7 Å².